The third-order valence-corrected chi connectivity index (χ3v) is 2.75. The van der Waals surface area contributed by atoms with E-state index in [1.165, 1.54) is 6.20 Å². The Morgan fingerprint density at radius 3 is 2.80 bits per heavy atom. The van der Waals surface area contributed by atoms with Gasteiger partial charge < -0.3 is 10.4 Å². The van der Waals surface area contributed by atoms with Gasteiger partial charge >= 0.3 is 0 Å². The topological polar surface area (TPSA) is 78.0 Å². The molecular weight excluding hydrogens is 194 g/mol. The van der Waals surface area contributed by atoms with E-state index in [-0.39, 0.29) is 18.4 Å². The highest BCUT2D eigenvalue weighted by Gasteiger charge is 2.29. The van der Waals surface area contributed by atoms with Crippen molar-refractivity contribution in [2.75, 3.05) is 6.61 Å². The second kappa shape index (κ2) is 4.44. The van der Waals surface area contributed by atoms with Crippen LogP contribution in [0.4, 0.5) is 0 Å². The number of hydrogen-bond acceptors (Lipinski definition) is 3. The van der Waals surface area contributed by atoms with Crippen molar-refractivity contribution in [3.05, 3.63) is 18.0 Å². The number of rotatable bonds is 4. The van der Waals surface area contributed by atoms with Crippen molar-refractivity contribution in [2.24, 2.45) is 5.92 Å². The molecule has 5 nitrogen and oxygen atoms in total. The molecule has 0 aromatic carbocycles. The number of aliphatic hydroxyl groups is 1. The van der Waals surface area contributed by atoms with Gasteiger partial charge in [0.15, 0.2) is 0 Å². The fourth-order valence-corrected chi connectivity index (χ4v) is 1.08. The van der Waals surface area contributed by atoms with Crippen LogP contribution in [0.1, 0.15) is 31.3 Å². The van der Waals surface area contributed by atoms with Crippen molar-refractivity contribution in [3.8, 4) is 0 Å². The number of nitrogens with one attached hydrogen (secondary N) is 2. The van der Waals surface area contributed by atoms with Gasteiger partial charge in [0.2, 0.25) is 0 Å². The first-order valence-electron chi connectivity index (χ1n) is 4.92. The number of nitrogens with zero attached hydrogens (tertiary/aromatic N) is 1. The van der Waals surface area contributed by atoms with Crippen LogP contribution in [0.25, 0.3) is 0 Å². The Kier molecular flexibility index (Phi) is 3.47. The standard InChI is InChI=1S/C10H17N3O2/c1-7(2)10(3,6-14)12-9(15)8-4-5-11-13-8/h4-5,7,14H,6H2,1-3H3,(H,11,13)(H,12,15). The van der Waals surface area contributed by atoms with Crippen LogP contribution in [0.15, 0.2) is 12.3 Å². The molecule has 1 aromatic rings. The monoisotopic (exact) mass is 211 g/mol. The molecule has 1 amide bonds. The van der Waals surface area contributed by atoms with E-state index in [4.69, 9.17) is 0 Å². The molecule has 0 aliphatic rings. The highest BCUT2D eigenvalue weighted by Crippen LogP contribution is 2.15. The van der Waals surface area contributed by atoms with Gasteiger partial charge in [0, 0.05) is 6.20 Å². The van der Waals surface area contributed by atoms with E-state index in [0.29, 0.717) is 5.69 Å². The second-order valence-electron chi connectivity index (χ2n) is 4.15. The lowest BCUT2D eigenvalue weighted by Gasteiger charge is -2.32. The molecule has 1 aromatic heterocycles. The van der Waals surface area contributed by atoms with Crippen LogP contribution < -0.4 is 5.32 Å². The zero-order chi connectivity index (χ0) is 11.5. The molecule has 1 unspecified atom stereocenters. The predicted molar refractivity (Wildman–Crippen MR) is 56.4 cm³/mol. The van der Waals surface area contributed by atoms with E-state index in [9.17, 15) is 9.90 Å². The Balaban J connectivity index is 2.72. The zero-order valence-electron chi connectivity index (χ0n) is 9.24. The average molecular weight is 211 g/mol. The molecule has 0 saturated carbocycles. The number of hydrogen-bond donors (Lipinski definition) is 3. The van der Waals surface area contributed by atoms with Gasteiger partial charge in [0.05, 0.1) is 12.1 Å². The molecule has 1 heterocycles. The molecule has 0 radical (unpaired) electrons. The summed E-state index contributed by atoms with van der Waals surface area (Å²) < 4.78 is 0. The summed E-state index contributed by atoms with van der Waals surface area (Å²) in [5, 5.41) is 18.3. The van der Waals surface area contributed by atoms with Gasteiger partial charge in [-0.1, -0.05) is 13.8 Å². The van der Waals surface area contributed by atoms with E-state index in [2.05, 4.69) is 15.5 Å². The molecule has 0 aliphatic heterocycles. The van der Waals surface area contributed by atoms with Crippen LogP contribution in [-0.2, 0) is 0 Å². The van der Waals surface area contributed by atoms with Crippen molar-refractivity contribution in [1.29, 1.82) is 0 Å². The van der Waals surface area contributed by atoms with E-state index in [1.54, 1.807) is 6.07 Å². The lowest BCUT2D eigenvalue weighted by atomic mass is 9.89. The number of aromatic nitrogens is 2. The van der Waals surface area contributed by atoms with Crippen LogP contribution in [0.3, 0.4) is 0 Å². The molecule has 0 bridgehead atoms. The van der Waals surface area contributed by atoms with Crippen molar-refractivity contribution in [2.45, 2.75) is 26.3 Å². The fraction of sp³-hybridized carbons (Fsp3) is 0.600. The molecule has 1 rings (SSSR count). The van der Waals surface area contributed by atoms with E-state index < -0.39 is 5.54 Å². The Morgan fingerprint density at radius 1 is 1.73 bits per heavy atom. The van der Waals surface area contributed by atoms with Gasteiger partial charge in [0.1, 0.15) is 5.69 Å². The first-order valence-corrected chi connectivity index (χ1v) is 4.92. The first-order chi connectivity index (χ1) is 6.99. The summed E-state index contributed by atoms with van der Waals surface area (Å²) >= 11 is 0. The molecule has 0 saturated heterocycles. The van der Waals surface area contributed by atoms with E-state index in [0.717, 1.165) is 0 Å². The maximum atomic E-state index is 11.7. The highest BCUT2D eigenvalue weighted by molar-refractivity contribution is 5.92. The Hall–Kier alpha value is -1.36. The van der Waals surface area contributed by atoms with E-state index >= 15 is 0 Å². The predicted octanol–water partition coefficient (Wildman–Crippen LogP) is 0.546. The number of amides is 1. The number of aliphatic hydroxyl groups excluding tert-OH is 1. The van der Waals surface area contributed by atoms with Gasteiger partial charge in [-0.05, 0) is 18.9 Å². The first kappa shape index (κ1) is 11.7. The summed E-state index contributed by atoms with van der Waals surface area (Å²) in [6.45, 7) is 5.61. The summed E-state index contributed by atoms with van der Waals surface area (Å²) in [5.74, 6) is -0.105. The molecule has 0 fully saturated rings. The van der Waals surface area contributed by atoms with Crippen LogP contribution in [0.2, 0.25) is 0 Å². The minimum absolute atomic E-state index is 0.0927. The third kappa shape index (κ3) is 2.56. The van der Waals surface area contributed by atoms with Crippen molar-refractivity contribution in [3.63, 3.8) is 0 Å². The molecular formula is C10H17N3O2. The number of aromatic amines is 1. The van der Waals surface area contributed by atoms with Gasteiger partial charge in [-0.3, -0.25) is 9.89 Å². The Labute approximate surface area is 88.9 Å². The maximum absolute atomic E-state index is 11.7. The smallest absolute Gasteiger partial charge is 0.269 e. The van der Waals surface area contributed by atoms with Crippen molar-refractivity contribution in [1.82, 2.24) is 15.5 Å². The summed E-state index contributed by atoms with van der Waals surface area (Å²) in [6.07, 6.45) is 1.51. The van der Waals surface area contributed by atoms with Crippen molar-refractivity contribution >= 4 is 5.91 Å². The van der Waals surface area contributed by atoms with Gasteiger partial charge in [0.25, 0.3) is 5.91 Å². The van der Waals surface area contributed by atoms with Gasteiger partial charge in [-0.15, -0.1) is 0 Å². The molecule has 0 aliphatic carbocycles. The van der Waals surface area contributed by atoms with Gasteiger partial charge in [-0.25, -0.2) is 0 Å². The minimum atomic E-state index is -0.609. The van der Waals surface area contributed by atoms with Crippen molar-refractivity contribution < 1.29 is 9.90 Å². The molecule has 5 heteroatoms. The quantitative estimate of drug-likeness (QED) is 0.680. The molecule has 1 atom stereocenters. The SMILES string of the molecule is CC(C)C(C)(CO)NC(=O)c1ccn[nH]1. The second-order valence-corrected chi connectivity index (χ2v) is 4.15. The molecule has 84 valence electrons. The largest absolute Gasteiger partial charge is 0.394 e. The Morgan fingerprint density at radius 2 is 2.40 bits per heavy atom. The maximum Gasteiger partial charge on any atom is 0.269 e. The number of carbonyl (C=O) groups excluding carboxylic acids is 1. The highest BCUT2D eigenvalue weighted by atomic mass is 16.3. The van der Waals surface area contributed by atoms with Crippen LogP contribution in [0.5, 0.6) is 0 Å². The van der Waals surface area contributed by atoms with E-state index in [1.807, 2.05) is 20.8 Å². The van der Waals surface area contributed by atoms with Crippen LogP contribution in [-0.4, -0.2) is 33.4 Å². The molecule has 3 N–H and O–H groups in total. The molecule has 0 spiro atoms. The summed E-state index contributed by atoms with van der Waals surface area (Å²) in [7, 11) is 0. The Bertz CT molecular complexity index is 321. The third-order valence-electron chi connectivity index (χ3n) is 2.75. The number of H-pyrrole nitrogens is 1. The van der Waals surface area contributed by atoms with Crippen LogP contribution >= 0.6 is 0 Å². The lowest BCUT2D eigenvalue weighted by molar-refractivity contribution is 0.0779. The fourth-order valence-electron chi connectivity index (χ4n) is 1.08. The zero-order valence-corrected chi connectivity index (χ0v) is 9.24. The summed E-state index contributed by atoms with van der Waals surface area (Å²) in [4.78, 5) is 11.7. The number of carbonyl (C=O) groups is 1. The average Bonchev–Trinajstić information content (AvgIpc) is 2.70. The lowest BCUT2D eigenvalue weighted by Crippen LogP contribution is -2.52. The summed E-state index contributed by atoms with van der Waals surface area (Å²) in [6, 6.07) is 1.59. The van der Waals surface area contributed by atoms with Gasteiger partial charge in [-0.2, -0.15) is 5.10 Å². The summed E-state index contributed by atoms with van der Waals surface area (Å²) in [5.41, 5.74) is -0.210. The minimum Gasteiger partial charge on any atom is -0.394 e. The normalized spacial score (nSPS) is 15.0. The van der Waals surface area contributed by atoms with Crippen LogP contribution in [0, 0.1) is 5.92 Å². The molecule has 15 heavy (non-hydrogen) atoms.